The maximum atomic E-state index is 6.01. The minimum atomic E-state index is 0.556. The van der Waals surface area contributed by atoms with Crippen molar-refractivity contribution in [2.75, 3.05) is 31.7 Å². The van der Waals surface area contributed by atoms with Crippen molar-refractivity contribution in [1.82, 2.24) is 0 Å². The lowest BCUT2D eigenvalue weighted by Crippen LogP contribution is -2.30. The van der Waals surface area contributed by atoms with Gasteiger partial charge in [-0.2, -0.15) is 0 Å². The van der Waals surface area contributed by atoms with Gasteiger partial charge in [0.2, 0.25) is 0 Å². The number of halogens is 2. The highest BCUT2D eigenvalue weighted by Gasteiger charge is 2.17. The molecule has 0 saturated carbocycles. The van der Waals surface area contributed by atoms with E-state index >= 15 is 0 Å². The Labute approximate surface area is 122 Å². The fourth-order valence-corrected chi connectivity index (χ4v) is 2.99. The van der Waals surface area contributed by atoms with E-state index in [0.29, 0.717) is 5.88 Å². The van der Waals surface area contributed by atoms with E-state index in [4.69, 9.17) is 16.3 Å². The Balaban J connectivity index is 2.07. The number of anilines is 1. The maximum Gasteiger partial charge on any atom is 0.0494 e. The average Bonchev–Trinajstić information content (AvgIpc) is 2.40. The summed E-state index contributed by atoms with van der Waals surface area (Å²) in [5, 5.41) is 0. The van der Waals surface area contributed by atoms with Crippen LogP contribution in [0.25, 0.3) is 0 Å². The summed E-state index contributed by atoms with van der Waals surface area (Å²) in [6.07, 6.45) is 2.32. The van der Waals surface area contributed by atoms with Crippen LogP contribution in [0.2, 0.25) is 0 Å². The Hall–Kier alpha value is -0.250. The zero-order valence-electron chi connectivity index (χ0n) is 10.7. The fraction of sp³-hybridized carbons (Fsp3) is 0.571. The zero-order valence-corrected chi connectivity index (χ0v) is 13.0. The molecule has 0 N–H and O–H groups in total. The highest BCUT2D eigenvalue weighted by molar-refractivity contribution is 9.10. The molecule has 100 valence electrons. The molecule has 0 bridgehead atoms. The number of hydrogen-bond donors (Lipinski definition) is 0. The molecular formula is C14H19BrClNO. The predicted octanol–water partition coefficient (Wildman–Crippen LogP) is 4.05. The van der Waals surface area contributed by atoms with E-state index in [1.54, 1.807) is 0 Å². The standard InChI is InChI=1S/C14H19BrClNO/c1-17(10-11-4-6-18-7-5-11)14-8-13(15)3-2-12(14)9-16/h2-3,8,11H,4-7,9-10H2,1H3. The zero-order chi connectivity index (χ0) is 13.0. The van der Waals surface area contributed by atoms with Gasteiger partial charge in [-0.25, -0.2) is 0 Å². The minimum Gasteiger partial charge on any atom is -0.381 e. The van der Waals surface area contributed by atoms with Gasteiger partial charge in [0.25, 0.3) is 0 Å². The van der Waals surface area contributed by atoms with Crippen molar-refractivity contribution in [3.63, 3.8) is 0 Å². The molecule has 0 atom stereocenters. The van der Waals surface area contributed by atoms with Crippen LogP contribution < -0.4 is 4.90 Å². The molecule has 1 aromatic carbocycles. The highest BCUT2D eigenvalue weighted by Crippen LogP contribution is 2.27. The van der Waals surface area contributed by atoms with Crippen LogP contribution in [0.1, 0.15) is 18.4 Å². The molecule has 2 nitrogen and oxygen atoms in total. The van der Waals surface area contributed by atoms with Crippen molar-refractivity contribution < 1.29 is 4.74 Å². The maximum absolute atomic E-state index is 6.01. The fourth-order valence-electron chi connectivity index (χ4n) is 2.42. The molecule has 4 heteroatoms. The Morgan fingerprint density at radius 3 is 2.78 bits per heavy atom. The van der Waals surface area contributed by atoms with Crippen LogP contribution in [0.3, 0.4) is 0 Å². The molecule has 1 aromatic rings. The second-order valence-electron chi connectivity index (χ2n) is 4.84. The van der Waals surface area contributed by atoms with Crippen LogP contribution in [-0.4, -0.2) is 26.8 Å². The van der Waals surface area contributed by atoms with Crippen molar-refractivity contribution in [1.29, 1.82) is 0 Å². The third kappa shape index (κ3) is 3.62. The second-order valence-corrected chi connectivity index (χ2v) is 6.03. The first kappa shape index (κ1) is 14.2. The molecule has 0 spiro atoms. The topological polar surface area (TPSA) is 12.5 Å². The molecule has 0 amide bonds. The van der Waals surface area contributed by atoms with Gasteiger partial charge in [-0.1, -0.05) is 22.0 Å². The molecule has 18 heavy (non-hydrogen) atoms. The van der Waals surface area contributed by atoms with Crippen LogP contribution in [0.5, 0.6) is 0 Å². The quantitative estimate of drug-likeness (QED) is 0.771. The molecule has 0 radical (unpaired) electrons. The van der Waals surface area contributed by atoms with Gasteiger partial charge >= 0.3 is 0 Å². The molecule has 0 aliphatic carbocycles. The third-order valence-corrected chi connectivity index (χ3v) is 4.26. The van der Waals surface area contributed by atoms with Crippen LogP contribution in [0.15, 0.2) is 22.7 Å². The second kappa shape index (κ2) is 6.78. The van der Waals surface area contributed by atoms with E-state index < -0.39 is 0 Å². The Kier molecular flexibility index (Phi) is 5.34. The molecule has 2 rings (SSSR count). The lowest BCUT2D eigenvalue weighted by Gasteiger charge is -2.29. The van der Waals surface area contributed by atoms with E-state index in [0.717, 1.165) is 43.0 Å². The van der Waals surface area contributed by atoms with Gasteiger partial charge in [-0.05, 0) is 36.5 Å². The smallest absolute Gasteiger partial charge is 0.0494 e. The van der Waals surface area contributed by atoms with Crippen LogP contribution in [-0.2, 0) is 10.6 Å². The van der Waals surface area contributed by atoms with Crippen LogP contribution in [0, 0.1) is 5.92 Å². The lowest BCUT2D eigenvalue weighted by atomic mass is 9.99. The van der Waals surface area contributed by atoms with E-state index in [-0.39, 0.29) is 0 Å². The van der Waals surface area contributed by atoms with Crippen molar-refractivity contribution >= 4 is 33.2 Å². The summed E-state index contributed by atoms with van der Waals surface area (Å²) in [5.41, 5.74) is 2.42. The minimum absolute atomic E-state index is 0.556. The number of nitrogens with zero attached hydrogens (tertiary/aromatic N) is 1. The van der Waals surface area contributed by atoms with Crippen LogP contribution >= 0.6 is 27.5 Å². The Bertz CT molecular complexity index is 393. The number of ether oxygens (including phenoxy) is 1. The number of hydrogen-bond acceptors (Lipinski definition) is 2. The normalized spacial score (nSPS) is 16.8. The summed E-state index contributed by atoms with van der Waals surface area (Å²) < 4.78 is 6.51. The summed E-state index contributed by atoms with van der Waals surface area (Å²) in [5.74, 6) is 1.28. The van der Waals surface area contributed by atoms with Gasteiger partial charge in [0, 0.05) is 42.8 Å². The first-order chi connectivity index (χ1) is 8.70. The summed E-state index contributed by atoms with van der Waals surface area (Å²) in [7, 11) is 2.15. The number of alkyl halides is 1. The number of rotatable bonds is 4. The van der Waals surface area contributed by atoms with Gasteiger partial charge < -0.3 is 9.64 Å². The van der Waals surface area contributed by atoms with Crippen molar-refractivity contribution in [2.45, 2.75) is 18.7 Å². The van der Waals surface area contributed by atoms with E-state index in [1.165, 1.54) is 11.3 Å². The van der Waals surface area contributed by atoms with Gasteiger partial charge in [-0.15, -0.1) is 11.6 Å². The molecule has 1 aliphatic heterocycles. The molecule has 0 unspecified atom stereocenters. The lowest BCUT2D eigenvalue weighted by molar-refractivity contribution is 0.0685. The molecule has 1 aliphatic rings. The largest absolute Gasteiger partial charge is 0.381 e. The molecule has 1 fully saturated rings. The summed E-state index contributed by atoms with van der Waals surface area (Å²) in [4.78, 5) is 2.32. The third-order valence-electron chi connectivity index (χ3n) is 3.48. The molecule has 0 aromatic heterocycles. The molecule has 1 saturated heterocycles. The first-order valence-corrected chi connectivity index (χ1v) is 7.66. The van der Waals surface area contributed by atoms with E-state index in [2.05, 4.69) is 40.0 Å². The van der Waals surface area contributed by atoms with Gasteiger partial charge in [0.1, 0.15) is 0 Å². The summed E-state index contributed by atoms with van der Waals surface area (Å²) in [6, 6.07) is 6.29. The van der Waals surface area contributed by atoms with Crippen LogP contribution in [0.4, 0.5) is 5.69 Å². The SMILES string of the molecule is CN(CC1CCOCC1)c1cc(Br)ccc1CCl. The van der Waals surface area contributed by atoms with Crippen molar-refractivity contribution in [3.05, 3.63) is 28.2 Å². The average molecular weight is 333 g/mol. The Morgan fingerprint density at radius 2 is 2.11 bits per heavy atom. The van der Waals surface area contributed by atoms with E-state index in [1.807, 2.05) is 6.07 Å². The highest BCUT2D eigenvalue weighted by atomic mass is 79.9. The summed E-state index contributed by atoms with van der Waals surface area (Å²) >= 11 is 9.54. The molecular weight excluding hydrogens is 314 g/mol. The predicted molar refractivity (Wildman–Crippen MR) is 80.5 cm³/mol. The monoisotopic (exact) mass is 331 g/mol. The van der Waals surface area contributed by atoms with Gasteiger partial charge in [0.05, 0.1) is 0 Å². The first-order valence-electron chi connectivity index (χ1n) is 6.34. The summed E-state index contributed by atoms with van der Waals surface area (Å²) in [6.45, 7) is 2.88. The number of benzene rings is 1. The molecule has 1 heterocycles. The van der Waals surface area contributed by atoms with Crippen molar-refractivity contribution in [3.8, 4) is 0 Å². The Morgan fingerprint density at radius 1 is 1.39 bits per heavy atom. The van der Waals surface area contributed by atoms with Crippen molar-refractivity contribution in [2.24, 2.45) is 5.92 Å². The van der Waals surface area contributed by atoms with Gasteiger partial charge in [0.15, 0.2) is 0 Å². The van der Waals surface area contributed by atoms with Gasteiger partial charge in [-0.3, -0.25) is 0 Å². The van der Waals surface area contributed by atoms with E-state index in [9.17, 15) is 0 Å².